The number of rotatable bonds is 5. The van der Waals surface area contributed by atoms with Crippen LogP contribution >= 0.6 is 0 Å². The third kappa shape index (κ3) is 4.65. The quantitative estimate of drug-likeness (QED) is 0.575. The SMILES string of the molecule is CCN(CC)C(=O)C1CN(C2CCN(C(=O)c3c4ccccc4cc4ccccc34)CC2)CCN1. The van der Waals surface area contributed by atoms with Gasteiger partial charge in [0.15, 0.2) is 0 Å². The van der Waals surface area contributed by atoms with Crippen LogP contribution in [0.2, 0.25) is 0 Å². The van der Waals surface area contributed by atoms with Crippen LogP contribution in [0.1, 0.15) is 37.0 Å². The van der Waals surface area contributed by atoms with Gasteiger partial charge < -0.3 is 15.1 Å². The molecule has 6 heteroatoms. The van der Waals surface area contributed by atoms with Crippen molar-refractivity contribution in [2.24, 2.45) is 0 Å². The van der Waals surface area contributed by atoms with Crippen molar-refractivity contribution >= 4 is 33.4 Å². The van der Waals surface area contributed by atoms with Crippen LogP contribution in [0.5, 0.6) is 0 Å². The minimum atomic E-state index is -0.134. The van der Waals surface area contributed by atoms with E-state index < -0.39 is 0 Å². The molecule has 2 heterocycles. The molecule has 2 aliphatic rings. The van der Waals surface area contributed by atoms with E-state index >= 15 is 0 Å². The first kappa shape index (κ1) is 23.8. The highest BCUT2D eigenvalue weighted by atomic mass is 16.2. The number of hydrogen-bond donors (Lipinski definition) is 1. The Labute approximate surface area is 207 Å². The Morgan fingerprint density at radius 2 is 1.51 bits per heavy atom. The average Bonchev–Trinajstić information content (AvgIpc) is 2.92. The van der Waals surface area contributed by atoms with Gasteiger partial charge in [-0.2, -0.15) is 0 Å². The van der Waals surface area contributed by atoms with E-state index in [4.69, 9.17) is 0 Å². The largest absolute Gasteiger partial charge is 0.342 e. The monoisotopic (exact) mass is 472 g/mol. The molecule has 3 aromatic rings. The smallest absolute Gasteiger partial charge is 0.255 e. The number of carbonyl (C=O) groups is 2. The molecule has 2 amide bonds. The van der Waals surface area contributed by atoms with Gasteiger partial charge in [-0.15, -0.1) is 0 Å². The maximum atomic E-state index is 13.8. The van der Waals surface area contributed by atoms with Gasteiger partial charge in [-0.1, -0.05) is 48.5 Å². The third-order valence-corrected chi connectivity index (χ3v) is 7.83. The van der Waals surface area contributed by atoms with E-state index in [1.165, 1.54) is 0 Å². The summed E-state index contributed by atoms with van der Waals surface area (Å²) in [6.07, 6.45) is 1.89. The summed E-state index contributed by atoms with van der Waals surface area (Å²) in [5.41, 5.74) is 0.823. The summed E-state index contributed by atoms with van der Waals surface area (Å²) < 4.78 is 0. The van der Waals surface area contributed by atoms with Crippen molar-refractivity contribution in [3.05, 3.63) is 60.2 Å². The summed E-state index contributed by atoms with van der Waals surface area (Å²) in [5, 5.41) is 7.69. The van der Waals surface area contributed by atoms with Gasteiger partial charge in [0.2, 0.25) is 5.91 Å². The van der Waals surface area contributed by atoms with Gasteiger partial charge >= 0.3 is 0 Å². The number of hydrogen-bond acceptors (Lipinski definition) is 4. The number of nitrogens with zero attached hydrogens (tertiary/aromatic N) is 3. The first-order valence-corrected chi connectivity index (χ1v) is 13.1. The van der Waals surface area contributed by atoms with Crippen molar-refractivity contribution in [2.75, 3.05) is 45.8 Å². The molecule has 2 aliphatic heterocycles. The minimum Gasteiger partial charge on any atom is -0.342 e. The Morgan fingerprint density at radius 3 is 2.11 bits per heavy atom. The maximum absolute atomic E-state index is 13.8. The van der Waals surface area contributed by atoms with E-state index in [1.807, 2.05) is 47.9 Å². The van der Waals surface area contributed by atoms with Gasteiger partial charge in [0.1, 0.15) is 0 Å². The Kier molecular flexibility index (Phi) is 7.02. The Bertz CT molecular complexity index is 1160. The normalized spacial score (nSPS) is 19.8. The lowest BCUT2D eigenvalue weighted by Crippen LogP contribution is -2.60. The van der Waals surface area contributed by atoms with Crippen LogP contribution in [0.15, 0.2) is 54.6 Å². The molecule has 0 aliphatic carbocycles. The molecule has 0 saturated carbocycles. The summed E-state index contributed by atoms with van der Waals surface area (Å²) in [4.78, 5) is 33.1. The number of piperidine rings is 1. The van der Waals surface area contributed by atoms with Crippen molar-refractivity contribution in [1.82, 2.24) is 20.0 Å². The lowest BCUT2D eigenvalue weighted by molar-refractivity contribution is -0.134. The van der Waals surface area contributed by atoms with Gasteiger partial charge in [-0.25, -0.2) is 0 Å². The second-order valence-electron chi connectivity index (χ2n) is 9.73. The molecule has 0 spiro atoms. The Balaban J connectivity index is 1.30. The van der Waals surface area contributed by atoms with Crippen molar-refractivity contribution in [3.63, 3.8) is 0 Å². The highest BCUT2D eigenvalue weighted by molar-refractivity contribution is 6.18. The van der Waals surface area contributed by atoms with Crippen molar-refractivity contribution in [1.29, 1.82) is 0 Å². The summed E-state index contributed by atoms with van der Waals surface area (Å²) in [6.45, 7) is 9.60. The summed E-state index contributed by atoms with van der Waals surface area (Å²) in [6, 6.07) is 18.9. The molecule has 1 N–H and O–H groups in total. The maximum Gasteiger partial charge on any atom is 0.255 e. The number of fused-ring (bicyclic) bond motifs is 2. The molecule has 0 aromatic heterocycles. The number of benzene rings is 3. The van der Waals surface area contributed by atoms with Gasteiger partial charge in [-0.05, 0) is 54.3 Å². The second kappa shape index (κ2) is 10.3. The fourth-order valence-corrected chi connectivity index (χ4v) is 5.86. The van der Waals surface area contributed by atoms with Crippen LogP contribution in [0.25, 0.3) is 21.5 Å². The highest BCUT2D eigenvalue weighted by Gasteiger charge is 2.34. The summed E-state index contributed by atoms with van der Waals surface area (Å²) in [7, 11) is 0. The fourth-order valence-electron chi connectivity index (χ4n) is 5.86. The number of amides is 2. The van der Waals surface area contributed by atoms with E-state index in [1.54, 1.807) is 0 Å². The molecule has 6 nitrogen and oxygen atoms in total. The highest BCUT2D eigenvalue weighted by Crippen LogP contribution is 2.30. The van der Waals surface area contributed by atoms with Crippen LogP contribution in [-0.4, -0.2) is 84.4 Å². The molecular formula is C29H36N4O2. The van der Waals surface area contributed by atoms with E-state index in [9.17, 15) is 9.59 Å². The minimum absolute atomic E-state index is 0.131. The first-order chi connectivity index (χ1) is 17.1. The molecular weight excluding hydrogens is 436 g/mol. The molecule has 2 fully saturated rings. The molecule has 0 bridgehead atoms. The van der Waals surface area contributed by atoms with Gasteiger partial charge in [-0.3, -0.25) is 14.5 Å². The standard InChI is InChI=1S/C29H36N4O2/c1-3-31(4-2)28(34)26-20-33(18-15-30-26)23-13-16-32(17-14-23)29(35)27-24-11-7-5-9-21(24)19-22-10-6-8-12-25(22)27/h5-12,19,23,26,30H,3-4,13-18,20H2,1-2H3. The zero-order chi connectivity index (χ0) is 24.4. The molecule has 35 heavy (non-hydrogen) atoms. The van der Waals surface area contributed by atoms with Crippen LogP contribution < -0.4 is 5.32 Å². The zero-order valence-electron chi connectivity index (χ0n) is 20.9. The van der Waals surface area contributed by atoms with Crippen LogP contribution in [0, 0.1) is 0 Å². The summed E-state index contributed by atoms with van der Waals surface area (Å²) in [5.74, 6) is 0.335. The molecule has 1 atom stereocenters. The number of nitrogens with one attached hydrogen (secondary N) is 1. The number of carbonyl (C=O) groups excluding carboxylic acids is 2. The summed E-state index contributed by atoms with van der Waals surface area (Å²) >= 11 is 0. The molecule has 184 valence electrons. The number of likely N-dealkylation sites (N-methyl/N-ethyl adjacent to an activating group) is 1. The predicted octanol–water partition coefficient (Wildman–Crippen LogP) is 3.74. The number of likely N-dealkylation sites (tertiary alicyclic amines) is 1. The van der Waals surface area contributed by atoms with E-state index in [2.05, 4.69) is 40.5 Å². The molecule has 1 unspecified atom stereocenters. The fraction of sp³-hybridized carbons (Fsp3) is 0.448. The topological polar surface area (TPSA) is 55.9 Å². The van der Waals surface area contributed by atoms with Gasteiger partial charge in [0.25, 0.3) is 5.91 Å². The Hall–Kier alpha value is -2.96. The van der Waals surface area contributed by atoms with E-state index in [-0.39, 0.29) is 17.9 Å². The van der Waals surface area contributed by atoms with Gasteiger partial charge in [0, 0.05) is 51.9 Å². The second-order valence-corrected chi connectivity index (χ2v) is 9.73. The van der Waals surface area contributed by atoms with E-state index in [0.717, 1.165) is 85.8 Å². The van der Waals surface area contributed by atoms with Crippen LogP contribution in [0.4, 0.5) is 0 Å². The van der Waals surface area contributed by atoms with Crippen molar-refractivity contribution < 1.29 is 9.59 Å². The molecule has 2 saturated heterocycles. The molecule has 3 aromatic carbocycles. The lowest BCUT2D eigenvalue weighted by atomic mass is 9.94. The predicted molar refractivity (Wildman–Crippen MR) is 142 cm³/mol. The first-order valence-electron chi connectivity index (χ1n) is 13.1. The third-order valence-electron chi connectivity index (χ3n) is 7.83. The molecule has 5 rings (SSSR count). The van der Waals surface area contributed by atoms with Gasteiger partial charge in [0.05, 0.1) is 11.6 Å². The van der Waals surface area contributed by atoms with Crippen molar-refractivity contribution in [2.45, 2.75) is 38.8 Å². The Morgan fingerprint density at radius 1 is 0.914 bits per heavy atom. The van der Waals surface area contributed by atoms with Crippen LogP contribution in [0.3, 0.4) is 0 Å². The van der Waals surface area contributed by atoms with E-state index in [0.29, 0.717) is 6.04 Å². The van der Waals surface area contributed by atoms with Crippen LogP contribution in [-0.2, 0) is 4.79 Å². The molecule has 0 radical (unpaired) electrons. The zero-order valence-corrected chi connectivity index (χ0v) is 20.9. The number of piperazine rings is 1. The lowest BCUT2D eigenvalue weighted by Gasteiger charge is -2.43. The van der Waals surface area contributed by atoms with Crippen molar-refractivity contribution in [3.8, 4) is 0 Å². The average molecular weight is 473 g/mol.